The number of rotatable bonds is 3. The van der Waals surface area contributed by atoms with Gasteiger partial charge in [-0.3, -0.25) is 4.79 Å². The Labute approximate surface area is 131 Å². The summed E-state index contributed by atoms with van der Waals surface area (Å²) in [5.74, 6) is 0.288. The summed E-state index contributed by atoms with van der Waals surface area (Å²) in [5.41, 5.74) is 1.24. The van der Waals surface area contributed by atoms with Crippen LogP contribution in [0.5, 0.6) is 0 Å². The first kappa shape index (κ1) is 16.2. The maximum absolute atomic E-state index is 13.2. The number of amides is 1. The molecule has 1 amide bonds. The van der Waals surface area contributed by atoms with Crippen LogP contribution in [0.3, 0.4) is 0 Å². The fraction of sp³-hybridized carbons (Fsp3) is 0.562. The molecule has 0 aliphatic carbocycles. The third kappa shape index (κ3) is 3.95. The molecule has 2 aliphatic rings. The van der Waals surface area contributed by atoms with Crippen molar-refractivity contribution in [2.45, 2.75) is 51.1 Å². The second-order valence-corrected chi connectivity index (χ2v) is 6.19. The summed E-state index contributed by atoms with van der Waals surface area (Å²) >= 11 is 0. The molecule has 5 heteroatoms. The number of aryl methyl sites for hydroxylation is 1. The van der Waals surface area contributed by atoms with Crippen molar-refractivity contribution in [1.29, 1.82) is 0 Å². The number of hydrogen-bond donors (Lipinski definition) is 2. The lowest BCUT2D eigenvalue weighted by Gasteiger charge is -2.28. The van der Waals surface area contributed by atoms with Gasteiger partial charge in [0.25, 0.3) is 0 Å². The van der Waals surface area contributed by atoms with Crippen molar-refractivity contribution in [3.05, 3.63) is 29.6 Å². The Morgan fingerprint density at radius 1 is 1.33 bits per heavy atom. The Kier molecular flexibility index (Phi) is 5.22. The minimum absolute atomic E-state index is 0. The lowest BCUT2D eigenvalue weighted by molar-refractivity contribution is -0.117. The highest BCUT2D eigenvalue weighted by atomic mass is 35.5. The van der Waals surface area contributed by atoms with Gasteiger partial charge < -0.3 is 10.6 Å². The van der Waals surface area contributed by atoms with Crippen molar-refractivity contribution in [2.24, 2.45) is 5.92 Å². The number of carbonyl (C=O) groups is 1. The molecule has 3 rings (SSSR count). The standard InChI is InChI=1S/C16H21FN2O.ClH/c1-10-6-12(4-5-15(10)17)19-16(20)9-11-7-13-2-3-14(8-11)18-13;/h4-6,11,13-14,18H,2-3,7-9H2,1H3,(H,19,20);1H. The van der Waals surface area contributed by atoms with Crippen LogP contribution in [0.25, 0.3) is 0 Å². The molecule has 2 bridgehead atoms. The van der Waals surface area contributed by atoms with Crippen LogP contribution in [0.1, 0.15) is 37.7 Å². The van der Waals surface area contributed by atoms with Gasteiger partial charge in [0.15, 0.2) is 0 Å². The topological polar surface area (TPSA) is 41.1 Å². The van der Waals surface area contributed by atoms with Gasteiger partial charge in [0.2, 0.25) is 5.91 Å². The van der Waals surface area contributed by atoms with Gasteiger partial charge in [-0.05, 0) is 62.3 Å². The quantitative estimate of drug-likeness (QED) is 0.898. The van der Waals surface area contributed by atoms with Crippen molar-refractivity contribution in [3.8, 4) is 0 Å². The highest BCUT2D eigenvalue weighted by molar-refractivity contribution is 5.90. The fourth-order valence-electron chi connectivity index (χ4n) is 3.54. The van der Waals surface area contributed by atoms with E-state index < -0.39 is 0 Å². The third-order valence-electron chi connectivity index (χ3n) is 4.49. The first-order chi connectivity index (χ1) is 9.60. The Morgan fingerprint density at radius 2 is 2.00 bits per heavy atom. The third-order valence-corrected chi connectivity index (χ3v) is 4.49. The number of fused-ring (bicyclic) bond motifs is 2. The molecule has 0 spiro atoms. The molecule has 0 radical (unpaired) electrons. The second kappa shape index (κ2) is 6.75. The number of anilines is 1. The van der Waals surface area contributed by atoms with E-state index in [1.807, 2.05) is 0 Å². The van der Waals surface area contributed by atoms with E-state index in [-0.39, 0.29) is 24.1 Å². The minimum atomic E-state index is -0.238. The van der Waals surface area contributed by atoms with Crippen molar-refractivity contribution in [1.82, 2.24) is 5.32 Å². The maximum Gasteiger partial charge on any atom is 0.224 e. The molecule has 21 heavy (non-hydrogen) atoms. The number of halogens is 2. The van der Waals surface area contributed by atoms with E-state index in [4.69, 9.17) is 0 Å². The molecular weight excluding hydrogens is 291 g/mol. The van der Waals surface area contributed by atoms with E-state index in [0.717, 1.165) is 12.8 Å². The smallest absolute Gasteiger partial charge is 0.224 e. The van der Waals surface area contributed by atoms with Gasteiger partial charge in [-0.1, -0.05) is 0 Å². The number of benzene rings is 1. The molecular formula is C16H22ClFN2O. The van der Waals surface area contributed by atoms with E-state index in [1.54, 1.807) is 19.1 Å². The van der Waals surface area contributed by atoms with Crippen molar-refractivity contribution >= 4 is 24.0 Å². The van der Waals surface area contributed by atoms with Gasteiger partial charge in [-0.2, -0.15) is 0 Å². The average Bonchev–Trinajstić information content (AvgIpc) is 2.73. The lowest BCUT2D eigenvalue weighted by atomic mass is 9.89. The van der Waals surface area contributed by atoms with Gasteiger partial charge in [0, 0.05) is 24.2 Å². The molecule has 2 aliphatic heterocycles. The molecule has 2 N–H and O–H groups in total. The molecule has 2 saturated heterocycles. The zero-order chi connectivity index (χ0) is 14.1. The lowest BCUT2D eigenvalue weighted by Crippen LogP contribution is -2.39. The van der Waals surface area contributed by atoms with Crippen LogP contribution in [0.4, 0.5) is 10.1 Å². The number of nitrogens with one attached hydrogen (secondary N) is 2. The van der Waals surface area contributed by atoms with Gasteiger partial charge in [-0.15, -0.1) is 12.4 Å². The monoisotopic (exact) mass is 312 g/mol. The molecule has 1 aromatic carbocycles. The summed E-state index contributed by atoms with van der Waals surface area (Å²) in [6.07, 6.45) is 5.28. The van der Waals surface area contributed by atoms with Gasteiger partial charge in [-0.25, -0.2) is 4.39 Å². The van der Waals surface area contributed by atoms with Crippen LogP contribution < -0.4 is 10.6 Å². The normalized spacial score (nSPS) is 27.0. The minimum Gasteiger partial charge on any atom is -0.326 e. The Balaban J connectivity index is 0.00000161. The van der Waals surface area contributed by atoms with E-state index in [0.29, 0.717) is 35.7 Å². The highest BCUT2D eigenvalue weighted by Gasteiger charge is 2.34. The molecule has 0 aromatic heterocycles. The van der Waals surface area contributed by atoms with Crippen LogP contribution in [0.15, 0.2) is 18.2 Å². The van der Waals surface area contributed by atoms with E-state index in [1.165, 1.54) is 18.9 Å². The van der Waals surface area contributed by atoms with Crippen molar-refractivity contribution in [2.75, 3.05) is 5.32 Å². The second-order valence-electron chi connectivity index (χ2n) is 6.19. The van der Waals surface area contributed by atoms with Crippen LogP contribution in [0.2, 0.25) is 0 Å². The molecule has 2 atom stereocenters. The Hall–Kier alpha value is -1.13. The largest absolute Gasteiger partial charge is 0.326 e. The Bertz CT molecular complexity index is 511. The summed E-state index contributed by atoms with van der Waals surface area (Å²) in [7, 11) is 0. The maximum atomic E-state index is 13.2. The number of hydrogen-bond acceptors (Lipinski definition) is 2. The van der Waals surface area contributed by atoms with Crippen LogP contribution in [-0.4, -0.2) is 18.0 Å². The molecule has 116 valence electrons. The number of carbonyl (C=O) groups excluding carboxylic acids is 1. The summed E-state index contributed by atoms with van der Waals surface area (Å²) in [4.78, 5) is 12.1. The molecule has 2 unspecified atom stereocenters. The van der Waals surface area contributed by atoms with Crippen molar-refractivity contribution < 1.29 is 9.18 Å². The zero-order valence-electron chi connectivity index (χ0n) is 12.2. The molecule has 1 aromatic rings. The van der Waals surface area contributed by atoms with E-state index in [9.17, 15) is 9.18 Å². The van der Waals surface area contributed by atoms with Gasteiger partial charge in [0.1, 0.15) is 5.82 Å². The predicted molar refractivity (Wildman–Crippen MR) is 84.3 cm³/mol. The molecule has 2 fully saturated rings. The van der Waals surface area contributed by atoms with Crippen molar-refractivity contribution in [3.63, 3.8) is 0 Å². The van der Waals surface area contributed by atoms with Crippen LogP contribution in [0, 0.1) is 18.7 Å². The van der Waals surface area contributed by atoms with Crippen LogP contribution >= 0.6 is 12.4 Å². The van der Waals surface area contributed by atoms with E-state index in [2.05, 4.69) is 10.6 Å². The van der Waals surface area contributed by atoms with Gasteiger partial charge >= 0.3 is 0 Å². The zero-order valence-corrected chi connectivity index (χ0v) is 13.0. The highest BCUT2D eigenvalue weighted by Crippen LogP contribution is 2.32. The summed E-state index contributed by atoms with van der Waals surface area (Å²) in [6, 6.07) is 5.92. The van der Waals surface area contributed by atoms with Crippen LogP contribution in [-0.2, 0) is 4.79 Å². The first-order valence-electron chi connectivity index (χ1n) is 7.42. The molecule has 2 heterocycles. The SMILES string of the molecule is Cc1cc(NC(=O)CC2CC3CCC(C2)N3)ccc1F.Cl. The molecule has 3 nitrogen and oxygen atoms in total. The summed E-state index contributed by atoms with van der Waals surface area (Å²) in [6.45, 7) is 1.70. The summed E-state index contributed by atoms with van der Waals surface area (Å²) < 4.78 is 13.2. The van der Waals surface area contributed by atoms with E-state index >= 15 is 0 Å². The molecule has 0 saturated carbocycles. The first-order valence-corrected chi connectivity index (χ1v) is 7.42. The predicted octanol–water partition coefficient (Wildman–Crippen LogP) is 3.42. The van der Waals surface area contributed by atoms with Gasteiger partial charge in [0.05, 0.1) is 0 Å². The average molecular weight is 313 g/mol. The number of piperidine rings is 1. The summed E-state index contributed by atoms with van der Waals surface area (Å²) in [5, 5.41) is 6.46. The Morgan fingerprint density at radius 3 is 2.62 bits per heavy atom. The fourth-order valence-corrected chi connectivity index (χ4v) is 3.54.